The molecule has 1 aromatic carbocycles. The lowest BCUT2D eigenvalue weighted by Gasteiger charge is -2.27. The third-order valence-electron chi connectivity index (χ3n) is 5.94. The maximum atomic E-state index is 13.2. The largest absolute Gasteiger partial charge is 0.501 e. The highest BCUT2D eigenvalue weighted by molar-refractivity contribution is 6.38. The average molecular weight is 468 g/mol. The van der Waals surface area contributed by atoms with E-state index in [0.29, 0.717) is 12.2 Å². The number of carbonyl (C=O) groups excluding carboxylic acids is 4. The molecule has 3 amide bonds. The van der Waals surface area contributed by atoms with Crippen molar-refractivity contribution >= 4 is 23.5 Å². The highest BCUT2D eigenvalue weighted by Gasteiger charge is 2.34. The predicted octanol–water partition coefficient (Wildman–Crippen LogP) is 1.81. The van der Waals surface area contributed by atoms with Crippen LogP contribution in [-0.4, -0.2) is 48.7 Å². The van der Waals surface area contributed by atoms with Crippen molar-refractivity contribution in [2.75, 3.05) is 7.11 Å². The van der Waals surface area contributed by atoms with Crippen LogP contribution in [0.25, 0.3) is 0 Å². The van der Waals surface area contributed by atoms with E-state index in [1.54, 1.807) is 25.3 Å². The number of allylic oxidation sites excluding steroid dienone is 3. The second-order valence-electron chi connectivity index (χ2n) is 9.13. The third-order valence-corrected chi connectivity index (χ3v) is 5.94. The number of methoxy groups -OCH3 is 1. The van der Waals surface area contributed by atoms with Crippen molar-refractivity contribution in [3.8, 4) is 0 Å². The number of benzene rings is 1. The summed E-state index contributed by atoms with van der Waals surface area (Å²) in [6.07, 6.45) is 7.60. The van der Waals surface area contributed by atoms with Crippen molar-refractivity contribution in [1.82, 2.24) is 16.0 Å². The van der Waals surface area contributed by atoms with Crippen LogP contribution in [0.4, 0.5) is 0 Å². The van der Waals surface area contributed by atoms with E-state index in [4.69, 9.17) is 4.74 Å². The number of nitrogens with one attached hydrogen (secondary N) is 3. The smallest absolute Gasteiger partial charge is 0.289 e. The number of rotatable bonds is 11. The van der Waals surface area contributed by atoms with Crippen LogP contribution in [0.15, 0.2) is 54.3 Å². The fourth-order valence-electron chi connectivity index (χ4n) is 3.74. The minimum absolute atomic E-state index is 0.0295. The molecule has 8 nitrogen and oxygen atoms in total. The number of hydrogen-bond donors (Lipinski definition) is 3. The number of Topliss-reactive ketones (excluding diaryl/α,β-unsaturated/α-hetero) is 1. The van der Waals surface area contributed by atoms with Crippen molar-refractivity contribution in [3.05, 3.63) is 59.9 Å². The summed E-state index contributed by atoms with van der Waals surface area (Å²) < 4.78 is 5.24. The van der Waals surface area contributed by atoms with Crippen LogP contribution in [-0.2, 0) is 30.3 Å². The molecular formula is C26H33N3O5. The first-order valence-electron chi connectivity index (χ1n) is 11.7. The van der Waals surface area contributed by atoms with E-state index in [1.165, 1.54) is 0 Å². The second-order valence-corrected chi connectivity index (χ2v) is 9.13. The SMILES string of the molecule is COC1=CC=C[C@H](C(=O)N[C@H](C(=O)N[C@@H](Cc2ccccc2)C(=O)C(=O)NC2CC2)C(C)C)C1. The first kappa shape index (κ1) is 25.2. The summed E-state index contributed by atoms with van der Waals surface area (Å²) in [5.74, 6) is -2.20. The third kappa shape index (κ3) is 7.04. The van der Waals surface area contributed by atoms with Crippen molar-refractivity contribution < 1.29 is 23.9 Å². The molecule has 2 aliphatic carbocycles. The Bertz CT molecular complexity index is 966. The van der Waals surface area contributed by atoms with Gasteiger partial charge in [0.25, 0.3) is 5.91 Å². The Morgan fingerprint density at radius 3 is 2.38 bits per heavy atom. The van der Waals surface area contributed by atoms with Gasteiger partial charge in [-0.15, -0.1) is 0 Å². The maximum absolute atomic E-state index is 13.2. The van der Waals surface area contributed by atoms with Gasteiger partial charge in [0.1, 0.15) is 12.1 Å². The Morgan fingerprint density at radius 1 is 1.06 bits per heavy atom. The molecule has 0 unspecified atom stereocenters. The van der Waals surface area contributed by atoms with Crippen LogP contribution in [0.5, 0.6) is 0 Å². The number of hydrogen-bond acceptors (Lipinski definition) is 5. The van der Waals surface area contributed by atoms with Crippen LogP contribution in [0.2, 0.25) is 0 Å². The summed E-state index contributed by atoms with van der Waals surface area (Å²) in [5.41, 5.74) is 0.816. The Labute approximate surface area is 200 Å². The average Bonchev–Trinajstić information content (AvgIpc) is 3.65. The van der Waals surface area contributed by atoms with Gasteiger partial charge in [0.2, 0.25) is 17.6 Å². The molecule has 0 aromatic heterocycles. The zero-order valence-corrected chi connectivity index (χ0v) is 19.9. The highest BCUT2D eigenvalue weighted by atomic mass is 16.5. The van der Waals surface area contributed by atoms with E-state index < -0.39 is 35.6 Å². The van der Waals surface area contributed by atoms with E-state index in [2.05, 4.69) is 16.0 Å². The van der Waals surface area contributed by atoms with E-state index in [9.17, 15) is 19.2 Å². The molecule has 0 bridgehead atoms. The summed E-state index contributed by atoms with van der Waals surface area (Å²) in [4.78, 5) is 51.5. The molecule has 8 heteroatoms. The molecule has 0 aliphatic heterocycles. The number of carbonyl (C=O) groups is 4. The Hall–Kier alpha value is -3.42. The molecule has 0 saturated heterocycles. The van der Waals surface area contributed by atoms with Gasteiger partial charge in [0.05, 0.1) is 18.8 Å². The molecule has 1 aromatic rings. The molecule has 34 heavy (non-hydrogen) atoms. The number of ether oxygens (including phenoxy) is 1. The zero-order valence-electron chi connectivity index (χ0n) is 19.9. The van der Waals surface area contributed by atoms with Gasteiger partial charge in [-0.1, -0.05) is 56.3 Å². The summed E-state index contributed by atoms with van der Waals surface area (Å²) in [5, 5.41) is 8.24. The summed E-state index contributed by atoms with van der Waals surface area (Å²) in [7, 11) is 1.55. The number of amides is 3. The first-order valence-corrected chi connectivity index (χ1v) is 11.7. The quantitative estimate of drug-likeness (QED) is 0.430. The standard InChI is InChI=1S/C26H33N3O5/c1-16(2)22(29-24(31)18-10-7-11-20(15-18)34-3)25(32)28-21(14-17-8-5-4-6-9-17)23(30)26(33)27-19-12-13-19/h4-11,16,18-19,21-22H,12-15H2,1-3H3,(H,27,33)(H,28,32)(H,29,31)/t18-,21-,22-/m0/s1. The molecule has 1 fully saturated rings. The van der Waals surface area contributed by atoms with Crippen molar-refractivity contribution in [2.45, 2.75) is 57.7 Å². The summed E-state index contributed by atoms with van der Waals surface area (Å²) >= 11 is 0. The number of ketones is 1. The van der Waals surface area contributed by atoms with Crippen LogP contribution < -0.4 is 16.0 Å². The second kappa shape index (κ2) is 11.6. The van der Waals surface area contributed by atoms with E-state index >= 15 is 0 Å². The first-order chi connectivity index (χ1) is 16.3. The van der Waals surface area contributed by atoms with E-state index in [-0.39, 0.29) is 24.3 Å². The van der Waals surface area contributed by atoms with Crippen LogP contribution in [0, 0.1) is 11.8 Å². The van der Waals surface area contributed by atoms with Gasteiger partial charge in [-0.3, -0.25) is 19.2 Å². The van der Waals surface area contributed by atoms with Gasteiger partial charge in [-0.25, -0.2) is 0 Å². The van der Waals surface area contributed by atoms with Crippen LogP contribution >= 0.6 is 0 Å². The Balaban J connectivity index is 1.70. The molecule has 2 aliphatic rings. The Morgan fingerprint density at radius 2 is 1.76 bits per heavy atom. The van der Waals surface area contributed by atoms with Crippen LogP contribution in [0.3, 0.4) is 0 Å². The molecule has 3 atom stereocenters. The van der Waals surface area contributed by atoms with Crippen molar-refractivity contribution in [1.29, 1.82) is 0 Å². The molecule has 1 saturated carbocycles. The Kier molecular flexibility index (Phi) is 8.62. The van der Waals surface area contributed by atoms with Gasteiger partial charge < -0.3 is 20.7 Å². The van der Waals surface area contributed by atoms with Gasteiger partial charge >= 0.3 is 0 Å². The molecule has 0 radical (unpaired) electrons. The lowest BCUT2D eigenvalue weighted by Crippen LogP contribution is -2.56. The van der Waals surface area contributed by atoms with Gasteiger partial charge in [0.15, 0.2) is 0 Å². The van der Waals surface area contributed by atoms with Gasteiger partial charge in [-0.05, 0) is 30.4 Å². The highest BCUT2D eigenvalue weighted by Crippen LogP contribution is 2.20. The minimum Gasteiger partial charge on any atom is -0.501 e. The fraction of sp³-hybridized carbons (Fsp3) is 0.462. The van der Waals surface area contributed by atoms with Crippen molar-refractivity contribution in [2.24, 2.45) is 11.8 Å². The van der Waals surface area contributed by atoms with Crippen molar-refractivity contribution in [3.63, 3.8) is 0 Å². The summed E-state index contributed by atoms with van der Waals surface area (Å²) in [6.45, 7) is 3.63. The van der Waals surface area contributed by atoms with E-state index in [1.807, 2.05) is 44.2 Å². The normalized spacial score (nSPS) is 18.9. The maximum Gasteiger partial charge on any atom is 0.289 e. The zero-order chi connectivity index (χ0) is 24.7. The minimum atomic E-state index is -1.04. The molecule has 3 N–H and O–H groups in total. The monoisotopic (exact) mass is 467 g/mol. The topological polar surface area (TPSA) is 114 Å². The predicted molar refractivity (Wildman–Crippen MR) is 127 cm³/mol. The molecule has 182 valence electrons. The molecule has 0 heterocycles. The van der Waals surface area contributed by atoms with Gasteiger partial charge in [-0.2, -0.15) is 0 Å². The van der Waals surface area contributed by atoms with Crippen LogP contribution in [0.1, 0.15) is 38.7 Å². The summed E-state index contributed by atoms with van der Waals surface area (Å²) in [6, 6.07) is 7.32. The molecule has 0 spiro atoms. The van der Waals surface area contributed by atoms with E-state index in [0.717, 1.165) is 18.4 Å². The fourth-order valence-corrected chi connectivity index (χ4v) is 3.74. The van der Waals surface area contributed by atoms with Gasteiger partial charge in [0, 0.05) is 18.9 Å². The molecular weight excluding hydrogens is 434 g/mol. The molecule has 3 rings (SSSR count). The lowest BCUT2D eigenvalue weighted by atomic mass is 9.95. The lowest BCUT2D eigenvalue weighted by molar-refractivity contribution is -0.140.